The van der Waals surface area contributed by atoms with Crippen molar-refractivity contribution >= 4 is 21.9 Å². The van der Waals surface area contributed by atoms with E-state index in [9.17, 15) is 9.59 Å². The van der Waals surface area contributed by atoms with Gasteiger partial charge in [0.05, 0.1) is 7.11 Å². The molecule has 0 bridgehead atoms. The van der Waals surface area contributed by atoms with Crippen molar-refractivity contribution in [2.75, 3.05) is 7.11 Å². The molecule has 0 radical (unpaired) electrons. The maximum Gasteiger partial charge on any atom is 0.321 e. The first-order valence-corrected chi connectivity index (χ1v) is 5.36. The molecule has 0 aliphatic heterocycles. The van der Waals surface area contributed by atoms with Gasteiger partial charge < -0.3 is 9.30 Å². The van der Waals surface area contributed by atoms with Crippen molar-refractivity contribution in [2.24, 2.45) is 0 Å². The van der Waals surface area contributed by atoms with Gasteiger partial charge in [0.2, 0.25) is 0 Å². The smallest absolute Gasteiger partial charge is 0.321 e. The van der Waals surface area contributed by atoms with E-state index in [4.69, 9.17) is 0 Å². The maximum atomic E-state index is 11.5. The Labute approximate surface area is 96.0 Å². The molecule has 1 unspecified atom stereocenters. The molecule has 1 aromatic heterocycles. The first-order valence-electron chi connectivity index (χ1n) is 4.44. The van der Waals surface area contributed by atoms with Crippen molar-refractivity contribution in [1.29, 1.82) is 0 Å². The molecule has 0 saturated heterocycles. The van der Waals surface area contributed by atoms with E-state index < -0.39 is 4.83 Å². The number of esters is 1. The highest BCUT2D eigenvalue weighted by molar-refractivity contribution is 9.10. The van der Waals surface area contributed by atoms with Crippen LogP contribution in [0.2, 0.25) is 0 Å². The number of ether oxygens (including phenoxy) is 1. The lowest BCUT2D eigenvalue weighted by atomic mass is 10.3. The van der Waals surface area contributed by atoms with Crippen molar-refractivity contribution in [3.8, 4) is 0 Å². The number of alkyl halides is 1. The number of hydrogen-bond donors (Lipinski definition) is 0. The number of halogens is 1. The highest BCUT2D eigenvalue weighted by Gasteiger charge is 2.16. The Morgan fingerprint density at radius 3 is 2.80 bits per heavy atom. The second kappa shape index (κ2) is 5.11. The van der Waals surface area contributed by atoms with Gasteiger partial charge in [0.25, 0.3) is 5.56 Å². The van der Waals surface area contributed by atoms with Gasteiger partial charge in [0, 0.05) is 18.3 Å². The fourth-order valence-electron chi connectivity index (χ4n) is 1.22. The molecular formula is C10H12BrNO3. The largest absolute Gasteiger partial charge is 0.468 e. The zero-order valence-corrected chi connectivity index (χ0v) is 10.2. The normalized spacial score (nSPS) is 12.2. The van der Waals surface area contributed by atoms with Gasteiger partial charge in [-0.2, -0.15) is 0 Å². The van der Waals surface area contributed by atoms with Crippen molar-refractivity contribution in [3.63, 3.8) is 0 Å². The minimum Gasteiger partial charge on any atom is -0.468 e. The number of carbonyl (C=O) groups excluding carboxylic acids is 1. The molecule has 1 heterocycles. The Hall–Kier alpha value is -1.10. The molecule has 0 amide bonds. The highest BCUT2D eigenvalue weighted by atomic mass is 79.9. The van der Waals surface area contributed by atoms with E-state index in [1.54, 1.807) is 6.07 Å². The van der Waals surface area contributed by atoms with Crippen LogP contribution in [0, 0.1) is 6.92 Å². The number of pyridine rings is 1. The van der Waals surface area contributed by atoms with E-state index in [1.165, 1.54) is 17.7 Å². The van der Waals surface area contributed by atoms with Crippen LogP contribution in [0.15, 0.2) is 23.0 Å². The van der Waals surface area contributed by atoms with E-state index in [1.807, 2.05) is 13.0 Å². The molecule has 1 atom stereocenters. The average Bonchev–Trinajstić information content (AvgIpc) is 2.22. The molecule has 5 heteroatoms. The lowest BCUT2D eigenvalue weighted by Crippen LogP contribution is -2.29. The Morgan fingerprint density at radius 2 is 2.27 bits per heavy atom. The number of methoxy groups -OCH3 is 1. The van der Waals surface area contributed by atoms with Gasteiger partial charge in [-0.3, -0.25) is 9.59 Å². The molecule has 0 aliphatic rings. The first kappa shape index (κ1) is 12.0. The number of rotatable bonds is 3. The topological polar surface area (TPSA) is 48.3 Å². The van der Waals surface area contributed by atoms with Gasteiger partial charge in [0.1, 0.15) is 4.83 Å². The van der Waals surface area contributed by atoms with Crippen LogP contribution in [0.1, 0.15) is 5.69 Å². The van der Waals surface area contributed by atoms with Crippen molar-refractivity contribution in [2.45, 2.75) is 18.3 Å². The molecule has 0 aromatic carbocycles. The number of aryl methyl sites for hydroxylation is 1. The molecule has 0 saturated carbocycles. The summed E-state index contributed by atoms with van der Waals surface area (Å²) in [6.07, 6.45) is 0. The molecule has 1 aromatic rings. The van der Waals surface area contributed by atoms with Crippen LogP contribution in [0.5, 0.6) is 0 Å². The third-order valence-corrected chi connectivity index (χ3v) is 2.73. The second-order valence-electron chi connectivity index (χ2n) is 3.11. The van der Waals surface area contributed by atoms with Gasteiger partial charge in [-0.1, -0.05) is 22.0 Å². The summed E-state index contributed by atoms with van der Waals surface area (Å²) in [6.45, 7) is 2.09. The highest BCUT2D eigenvalue weighted by Crippen LogP contribution is 2.06. The third kappa shape index (κ3) is 2.92. The van der Waals surface area contributed by atoms with E-state index in [0.29, 0.717) is 0 Å². The lowest BCUT2D eigenvalue weighted by molar-refractivity contribution is -0.140. The van der Waals surface area contributed by atoms with Crippen LogP contribution in [0.4, 0.5) is 0 Å². The predicted octanol–water partition coefficient (Wildman–Crippen LogP) is 1.09. The minimum absolute atomic E-state index is 0.122. The zero-order valence-electron chi connectivity index (χ0n) is 8.57. The molecule has 0 spiro atoms. The molecule has 4 nitrogen and oxygen atoms in total. The summed E-state index contributed by atoms with van der Waals surface area (Å²) < 4.78 is 6.09. The zero-order chi connectivity index (χ0) is 11.4. The summed E-state index contributed by atoms with van der Waals surface area (Å²) in [6, 6.07) is 4.97. The maximum absolute atomic E-state index is 11.5. The number of nitrogens with zero attached hydrogens (tertiary/aromatic N) is 1. The molecular weight excluding hydrogens is 262 g/mol. The van der Waals surface area contributed by atoms with E-state index in [-0.39, 0.29) is 18.1 Å². The first-order chi connectivity index (χ1) is 7.06. The SMILES string of the molecule is COC(=O)C(Br)Cn1c(C)cccc1=O. The van der Waals surface area contributed by atoms with Crippen molar-refractivity contribution < 1.29 is 9.53 Å². The average molecular weight is 274 g/mol. The van der Waals surface area contributed by atoms with Gasteiger partial charge in [-0.15, -0.1) is 0 Å². The van der Waals surface area contributed by atoms with E-state index in [2.05, 4.69) is 20.7 Å². The summed E-state index contributed by atoms with van der Waals surface area (Å²) in [5.41, 5.74) is 0.694. The summed E-state index contributed by atoms with van der Waals surface area (Å²) in [5.74, 6) is -0.384. The Bertz CT molecular complexity index is 413. The minimum atomic E-state index is -0.499. The number of aromatic nitrogens is 1. The fourth-order valence-corrected chi connectivity index (χ4v) is 1.70. The summed E-state index contributed by atoms with van der Waals surface area (Å²) in [5, 5.41) is 0. The predicted molar refractivity (Wildman–Crippen MR) is 60.2 cm³/mol. The molecule has 0 N–H and O–H groups in total. The summed E-state index contributed by atoms with van der Waals surface area (Å²) in [4.78, 5) is 22.1. The monoisotopic (exact) mass is 273 g/mol. The number of hydrogen-bond acceptors (Lipinski definition) is 3. The standard InChI is InChI=1S/C10H12BrNO3/c1-7-4-3-5-9(13)12(7)6-8(11)10(14)15-2/h3-5,8H,6H2,1-2H3. The van der Waals surface area contributed by atoms with Crippen LogP contribution >= 0.6 is 15.9 Å². The van der Waals surface area contributed by atoms with Gasteiger partial charge in [-0.25, -0.2) is 0 Å². The fraction of sp³-hybridized carbons (Fsp3) is 0.400. The van der Waals surface area contributed by atoms with Crippen LogP contribution in [-0.2, 0) is 16.1 Å². The molecule has 15 heavy (non-hydrogen) atoms. The quantitative estimate of drug-likeness (QED) is 0.612. The van der Waals surface area contributed by atoms with E-state index >= 15 is 0 Å². The van der Waals surface area contributed by atoms with E-state index in [0.717, 1.165) is 5.69 Å². The van der Waals surface area contributed by atoms with Crippen molar-refractivity contribution in [3.05, 3.63) is 34.2 Å². The van der Waals surface area contributed by atoms with Crippen LogP contribution < -0.4 is 5.56 Å². The van der Waals surface area contributed by atoms with Crippen LogP contribution in [0.25, 0.3) is 0 Å². The molecule has 82 valence electrons. The number of carbonyl (C=O) groups is 1. The Kier molecular flexibility index (Phi) is 4.08. The molecule has 0 aliphatic carbocycles. The molecule has 0 fully saturated rings. The Balaban J connectivity index is 2.90. The molecule has 1 rings (SSSR count). The Morgan fingerprint density at radius 1 is 1.60 bits per heavy atom. The van der Waals surface area contributed by atoms with Crippen LogP contribution in [0.3, 0.4) is 0 Å². The lowest BCUT2D eigenvalue weighted by Gasteiger charge is -2.12. The second-order valence-corrected chi connectivity index (χ2v) is 4.21. The van der Waals surface area contributed by atoms with Crippen molar-refractivity contribution in [1.82, 2.24) is 4.57 Å². The van der Waals surface area contributed by atoms with Gasteiger partial charge in [-0.05, 0) is 13.0 Å². The summed E-state index contributed by atoms with van der Waals surface area (Å²) in [7, 11) is 1.32. The summed E-state index contributed by atoms with van der Waals surface area (Å²) >= 11 is 3.17. The third-order valence-electron chi connectivity index (χ3n) is 2.07. The van der Waals surface area contributed by atoms with Gasteiger partial charge >= 0.3 is 5.97 Å². The van der Waals surface area contributed by atoms with Gasteiger partial charge in [0.15, 0.2) is 0 Å². The van der Waals surface area contributed by atoms with Crippen LogP contribution in [-0.4, -0.2) is 22.5 Å².